The number of phenolic OH excluding ortho intramolecular Hbond substituents is 2. The number of fused-ring (bicyclic) bond motifs is 6. The number of ketones is 2. The Kier molecular flexibility index (Phi) is 5.58. The summed E-state index contributed by atoms with van der Waals surface area (Å²) in [5.74, 6) is -3.28. The Morgan fingerprint density at radius 1 is 0.925 bits per heavy atom. The van der Waals surface area contributed by atoms with Crippen LogP contribution in [0.2, 0.25) is 0 Å². The van der Waals surface area contributed by atoms with Crippen LogP contribution in [0, 0.1) is 0 Å². The molecule has 12 heteroatoms. The smallest absolute Gasteiger partial charge is 0.309 e. The number of hydrogen-bond donors (Lipinski definition) is 4. The average Bonchev–Trinajstić information content (AvgIpc) is 3.26. The highest BCUT2D eigenvalue weighted by molar-refractivity contribution is 6.30. The van der Waals surface area contributed by atoms with Crippen LogP contribution >= 0.6 is 0 Å². The van der Waals surface area contributed by atoms with Gasteiger partial charge in [-0.05, 0) is 27.2 Å². The van der Waals surface area contributed by atoms with E-state index in [0.717, 1.165) is 0 Å². The van der Waals surface area contributed by atoms with Crippen LogP contribution in [0.4, 0.5) is 0 Å². The number of aliphatic hydroxyl groups is 2. The summed E-state index contributed by atoms with van der Waals surface area (Å²) >= 11 is 0. The Bertz CT molecular complexity index is 1400. The number of carbonyl (C=O) groups is 3. The van der Waals surface area contributed by atoms with E-state index in [2.05, 4.69) is 0 Å². The lowest BCUT2D eigenvalue weighted by Gasteiger charge is -2.54. The number of ether oxygens (including phenoxy) is 5. The second kappa shape index (κ2) is 8.57. The van der Waals surface area contributed by atoms with Crippen LogP contribution in [0.15, 0.2) is 11.1 Å². The van der Waals surface area contributed by atoms with Crippen molar-refractivity contribution in [3.8, 4) is 11.5 Å². The Morgan fingerprint density at radius 2 is 1.62 bits per heavy atom. The summed E-state index contributed by atoms with van der Waals surface area (Å²) in [5.41, 5.74) is -3.18. The molecule has 12 nitrogen and oxygen atoms in total. The van der Waals surface area contributed by atoms with E-state index in [4.69, 9.17) is 23.7 Å². The normalized spacial score (nSPS) is 41.8. The van der Waals surface area contributed by atoms with Gasteiger partial charge in [-0.15, -0.1) is 0 Å². The first-order valence-electron chi connectivity index (χ1n) is 13.6. The zero-order valence-corrected chi connectivity index (χ0v) is 22.1. The summed E-state index contributed by atoms with van der Waals surface area (Å²) in [6.45, 7) is 4.88. The molecule has 0 spiro atoms. The van der Waals surface area contributed by atoms with Crippen molar-refractivity contribution in [3.63, 3.8) is 0 Å². The van der Waals surface area contributed by atoms with Gasteiger partial charge in [0, 0.05) is 35.1 Å². The third kappa shape index (κ3) is 3.25. The first-order valence-corrected chi connectivity index (χ1v) is 13.6. The van der Waals surface area contributed by atoms with E-state index in [1.165, 1.54) is 0 Å². The Morgan fingerprint density at radius 3 is 2.35 bits per heavy atom. The van der Waals surface area contributed by atoms with Gasteiger partial charge in [-0.25, -0.2) is 0 Å². The molecule has 2 bridgehead atoms. The van der Waals surface area contributed by atoms with E-state index in [1.54, 1.807) is 20.8 Å². The molecule has 0 radical (unpaired) electrons. The number of benzene rings is 1. The monoisotopic (exact) mass is 558 g/mol. The summed E-state index contributed by atoms with van der Waals surface area (Å²) in [6.07, 6.45) is -6.58. The summed E-state index contributed by atoms with van der Waals surface area (Å²) in [6, 6.07) is 0. The molecule has 0 aromatic heterocycles. The van der Waals surface area contributed by atoms with Gasteiger partial charge in [0.15, 0.2) is 24.0 Å². The van der Waals surface area contributed by atoms with Gasteiger partial charge in [0.25, 0.3) is 0 Å². The number of aliphatic hydroxyl groups excluding tert-OH is 1. The van der Waals surface area contributed by atoms with Crippen LogP contribution in [0.25, 0.3) is 0 Å². The first-order chi connectivity index (χ1) is 18.9. The highest BCUT2D eigenvalue weighted by atomic mass is 16.7. The lowest BCUT2D eigenvalue weighted by molar-refractivity contribution is -0.291. The molecule has 5 aliphatic heterocycles. The maximum atomic E-state index is 14.2. The van der Waals surface area contributed by atoms with Crippen molar-refractivity contribution in [3.05, 3.63) is 33.4 Å². The molecule has 8 rings (SSSR count). The molecule has 0 unspecified atom stereocenters. The second-order valence-corrected chi connectivity index (χ2v) is 11.5. The van der Waals surface area contributed by atoms with Crippen molar-refractivity contribution < 1.29 is 58.5 Å². The van der Waals surface area contributed by atoms with E-state index in [0.29, 0.717) is 12.8 Å². The molecule has 3 saturated heterocycles. The van der Waals surface area contributed by atoms with E-state index in [9.17, 15) is 34.8 Å². The maximum absolute atomic E-state index is 14.2. The molecule has 7 aliphatic rings. The standard InChI is InChI=1S/C28H30O12/c1-8-11(29)4-5-16(37-8)39-14-6-12-18-22(28(14,35)10(3)38-12)26(34)20-19(24(18)32)25(33)21-17(23(20)31)9(2)36-13-7-15(30)40-27(13)21/h8-14,16,27,29,31,33,35H,4-7H2,1-3H3/t8-,9-,10+,11-,12+,13-,14+,16-,27+,28-/m0/s1. The van der Waals surface area contributed by atoms with Gasteiger partial charge in [-0.1, -0.05) is 0 Å². The van der Waals surface area contributed by atoms with Crippen LogP contribution < -0.4 is 0 Å². The SMILES string of the molecule is C[C@@H]1O[C@H]2CC(=O)O[C@H]2c2c(O)c3c(c(O)c21)C(=O)C1=C(C3=O)[C@H]2C[C@@H](O[C@H]3CC[C@H](O)[C@H](C)O3)[C@@]1(O)[C@@H](C)O2. The molecule has 2 aliphatic carbocycles. The van der Waals surface area contributed by atoms with Gasteiger partial charge < -0.3 is 44.1 Å². The fourth-order valence-corrected chi connectivity index (χ4v) is 7.31. The van der Waals surface area contributed by atoms with Crippen molar-refractivity contribution >= 4 is 17.5 Å². The molecule has 40 heavy (non-hydrogen) atoms. The van der Waals surface area contributed by atoms with E-state index in [1.807, 2.05) is 0 Å². The predicted molar refractivity (Wildman–Crippen MR) is 131 cm³/mol. The second-order valence-electron chi connectivity index (χ2n) is 11.5. The first kappa shape index (κ1) is 26.1. The minimum absolute atomic E-state index is 0.0374. The summed E-state index contributed by atoms with van der Waals surface area (Å²) in [7, 11) is 0. The van der Waals surface area contributed by atoms with Crippen LogP contribution in [0.3, 0.4) is 0 Å². The predicted octanol–water partition coefficient (Wildman–Crippen LogP) is 1.41. The largest absolute Gasteiger partial charge is 0.507 e. The molecule has 0 saturated carbocycles. The van der Waals surface area contributed by atoms with Crippen LogP contribution in [-0.2, 0) is 28.5 Å². The van der Waals surface area contributed by atoms with Gasteiger partial charge in [-0.3, -0.25) is 14.4 Å². The number of aromatic hydroxyl groups is 2. The topological polar surface area (TPSA) is 178 Å². The molecule has 1 aromatic carbocycles. The molecule has 214 valence electrons. The molecule has 4 N–H and O–H groups in total. The summed E-state index contributed by atoms with van der Waals surface area (Å²) in [4.78, 5) is 40.2. The Balaban J connectivity index is 1.34. The van der Waals surface area contributed by atoms with Gasteiger partial charge in [-0.2, -0.15) is 0 Å². The minimum atomic E-state index is -2.07. The highest BCUT2D eigenvalue weighted by Gasteiger charge is 2.64. The fraction of sp³-hybridized carbons (Fsp3) is 0.607. The number of rotatable bonds is 2. The van der Waals surface area contributed by atoms with Crippen LogP contribution in [0.1, 0.15) is 90.5 Å². The molecular formula is C28H30O12. The van der Waals surface area contributed by atoms with E-state index >= 15 is 0 Å². The lowest BCUT2D eigenvalue weighted by atomic mass is 9.63. The lowest BCUT2D eigenvalue weighted by Crippen LogP contribution is -2.67. The van der Waals surface area contributed by atoms with Gasteiger partial charge in [0.2, 0.25) is 0 Å². The molecule has 3 fully saturated rings. The van der Waals surface area contributed by atoms with E-state index < -0.39 is 101 Å². The fourth-order valence-electron chi connectivity index (χ4n) is 7.31. The van der Waals surface area contributed by atoms with Crippen molar-refractivity contribution in [1.82, 2.24) is 0 Å². The minimum Gasteiger partial charge on any atom is -0.507 e. The average molecular weight is 559 g/mol. The number of carbonyl (C=O) groups excluding carboxylic acids is 3. The zero-order valence-electron chi connectivity index (χ0n) is 22.1. The molecule has 5 heterocycles. The third-order valence-electron chi connectivity index (χ3n) is 9.31. The summed E-state index contributed by atoms with van der Waals surface area (Å²) in [5, 5.41) is 44.9. The number of Topliss-reactive ketones (excluding diaryl/α,β-unsaturated/α-hetero) is 2. The van der Waals surface area contributed by atoms with Gasteiger partial charge >= 0.3 is 5.97 Å². The third-order valence-corrected chi connectivity index (χ3v) is 9.31. The van der Waals surface area contributed by atoms with Gasteiger partial charge in [0.05, 0.1) is 54.2 Å². The van der Waals surface area contributed by atoms with Crippen molar-refractivity contribution in [2.45, 2.75) is 107 Å². The number of phenols is 2. The molecule has 1 aromatic rings. The zero-order chi connectivity index (χ0) is 28.4. The quantitative estimate of drug-likeness (QED) is 0.303. The maximum Gasteiger partial charge on any atom is 0.309 e. The van der Waals surface area contributed by atoms with Crippen molar-refractivity contribution in [2.24, 2.45) is 0 Å². The van der Waals surface area contributed by atoms with Crippen molar-refractivity contribution in [1.29, 1.82) is 0 Å². The van der Waals surface area contributed by atoms with Crippen LogP contribution in [-0.4, -0.2) is 86.5 Å². The Labute approximate surface area is 228 Å². The van der Waals surface area contributed by atoms with Crippen LogP contribution in [0.5, 0.6) is 11.5 Å². The number of esters is 1. The van der Waals surface area contributed by atoms with E-state index in [-0.39, 0.29) is 35.1 Å². The van der Waals surface area contributed by atoms with Crippen molar-refractivity contribution in [2.75, 3.05) is 0 Å². The molecule has 0 amide bonds. The molecule has 10 atom stereocenters. The Hall–Kier alpha value is -2.87. The van der Waals surface area contributed by atoms with Gasteiger partial charge in [0.1, 0.15) is 23.2 Å². The molecular weight excluding hydrogens is 528 g/mol. The number of hydrogen-bond acceptors (Lipinski definition) is 12. The highest BCUT2D eigenvalue weighted by Crippen LogP contribution is 2.57. The summed E-state index contributed by atoms with van der Waals surface area (Å²) < 4.78 is 29.1.